The van der Waals surface area contributed by atoms with Gasteiger partial charge in [-0.1, -0.05) is 0 Å². The zero-order valence-corrected chi connectivity index (χ0v) is 5.48. The SMILES string of the molecule is COC(=CC(C)=O)CF. The molecule has 0 saturated carbocycles. The predicted octanol–water partition coefficient (Wildman–Crippen LogP) is 1.08. The Hall–Kier alpha value is -0.860. The monoisotopic (exact) mass is 132 g/mol. The second-order valence-electron chi connectivity index (χ2n) is 1.56. The van der Waals surface area contributed by atoms with E-state index in [1.807, 2.05) is 0 Å². The molecule has 52 valence electrons. The van der Waals surface area contributed by atoms with Gasteiger partial charge in [0.15, 0.2) is 5.78 Å². The predicted molar refractivity (Wildman–Crippen MR) is 31.7 cm³/mol. The van der Waals surface area contributed by atoms with Crippen molar-refractivity contribution in [2.45, 2.75) is 6.92 Å². The summed E-state index contributed by atoms with van der Waals surface area (Å²) in [7, 11) is 1.33. The number of rotatable bonds is 3. The molecule has 0 saturated heterocycles. The third-order valence-electron chi connectivity index (χ3n) is 0.758. The van der Waals surface area contributed by atoms with Crippen molar-refractivity contribution in [3.63, 3.8) is 0 Å². The highest BCUT2D eigenvalue weighted by atomic mass is 19.1. The first-order chi connectivity index (χ1) is 4.20. The molecule has 0 aromatic rings. The Kier molecular flexibility index (Phi) is 3.67. The van der Waals surface area contributed by atoms with Crippen LogP contribution >= 0.6 is 0 Å². The summed E-state index contributed by atoms with van der Waals surface area (Å²) in [6.45, 7) is 0.616. The van der Waals surface area contributed by atoms with Crippen LogP contribution in [0.5, 0.6) is 0 Å². The van der Waals surface area contributed by atoms with Crippen LogP contribution in [0.3, 0.4) is 0 Å². The van der Waals surface area contributed by atoms with Gasteiger partial charge < -0.3 is 4.74 Å². The number of hydrogen-bond donors (Lipinski definition) is 0. The number of ketones is 1. The summed E-state index contributed by atoms with van der Waals surface area (Å²) in [5, 5.41) is 0. The molecule has 0 aliphatic rings. The van der Waals surface area contributed by atoms with Crippen LogP contribution in [0.15, 0.2) is 11.8 Å². The van der Waals surface area contributed by atoms with E-state index in [0.29, 0.717) is 0 Å². The third kappa shape index (κ3) is 3.70. The molecule has 0 bridgehead atoms. The Morgan fingerprint density at radius 3 is 2.44 bits per heavy atom. The van der Waals surface area contributed by atoms with Gasteiger partial charge in [0.1, 0.15) is 12.4 Å². The maximum Gasteiger partial charge on any atom is 0.156 e. The van der Waals surface area contributed by atoms with Gasteiger partial charge in [-0.15, -0.1) is 0 Å². The Morgan fingerprint density at radius 2 is 2.33 bits per heavy atom. The molecule has 0 unspecified atom stereocenters. The van der Waals surface area contributed by atoms with Crippen LogP contribution in [0.4, 0.5) is 4.39 Å². The molecule has 0 atom stereocenters. The largest absolute Gasteiger partial charge is 0.498 e. The number of alkyl halides is 1. The van der Waals surface area contributed by atoms with Crippen molar-refractivity contribution in [1.82, 2.24) is 0 Å². The van der Waals surface area contributed by atoms with Crippen LogP contribution < -0.4 is 0 Å². The van der Waals surface area contributed by atoms with E-state index >= 15 is 0 Å². The van der Waals surface area contributed by atoms with Crippen molar-refractivity contribution in [3.05, 3.63) is 11.8 Å². The maximum atomic E-state index is 11.7. The van der Waals surface area contributed by atoms with Gasteiger partial charge in [0.25, 0.3) is 0 Å². The molecule has 0 fully saturated rings. The fraction of sp³-hybridized carbons (Fsp3) is 0.500. The van der Waals surface area contributed by atoms with Crippen LogP contribution in [0, 0.1) is 0 Å². The van der Waals surface area contributed by atoms with E-state index in [1.165, 1.54) is 14.0 Å². The Bertz CT molecular complexity index is 123. The van der Waals surface area contributed by atoms with E-state index in [0.717, 1.165) is 6.08 Å². The zero-order chi connectivity index (χ0) is 7.28. The van der Waals surface area contributed by atoms with Crippen molar-refractivity contribution in [2.75, 3.05) is 13.8 Å². The molecule has 0 amide bonds. The lowest BCUT2D eigenvalue weighted by molar-refractivity contribution is -0.112. The number of halogens is 1. The number of carbonyl (C=O) groups excluding carboxylic acids is 1. The van der Waals surface area contributed by atoms with Gasteiger partial charge in [-0.3, -0.25) is 4.79 Å². The van der Waals surface area contributed by atoms with Gasteiger partial charge >= 0.3 is 0 Å². The first-order valence-corrected chi connectivity index (χ1v) is 2.51. The molecule has 0 aliphatic carbocycles. The number of carbonyl (C=O) groups is 1. The first-order valence-electron chi connectivity index (χ1n) is 2.51. The maximum absolute atomic E-state index is 11.7. The van der Waals surface area contributed by atoms with E-state index in [1.54, 1.807) is 0 Å². The van der Waals surface area contributed by atoms with Crippen molar-refractivity contribution < 1.29 is 13.9 Å². The fourth-order valence-corrected chi connectivity index (χ4v) is 0.379. The van der Waals surface area contributed by atoms with Gasteiger partial charge in [-0.25, -0.2) is 4.39 Å². The minimum absolute atomic E-state index is 0.0718. The fourth-order valence-electron chi connectivity index (χ4n) is 0.379. The molecular weight excluding hydrogens is 123 g/mol. The molecule has 0 heterocycles. The minimum atomic E-state index is -0.726. The van der Waals surface area contributed by atoms with Crippen LogP contribution in [0.25, 0.3) is 0 Å². The minimum Gasteiger partial charge on any atom is -0.498 e. The smallest absolute Gasteiger partial charge is 0.156 e. The van der Waals surface area contributed by atoms with E-state index in [4.69, 9.17) is 0 Å². The lowest BCUT2D eigenvalue weighted by Crippen LogP contribution is -1.93. The molecule has 0 aromatic heterocycles. The van der Waals surface area contributed by atoms with Crippen LogP contribution in [-0.2, 0) is 9.53 Å². The quantitative estimate of drug-likeness (QED) is 0.424. The van der Waals surface area contributed by atoms with E-state index < -0.39 is 6.67 Å². The number of methoxy groups -OCH3 is 1. The van der Waals surface area contributed by atoms with Crippen molar-refractivity contribution in [2.24, 2.45) is 0 Å². The van der Waals surface area contributed by atoms with Crippen LogP contribution in [0.1, 0.15) is 6.92 Å². The standard InChI is InChI=1S/C6H9FO2/c1-5(8)3-6(4-7)9-2/h3H,4H2,1-2H3. The van der Waals surface area contributed by atoms with E-state index in [-0.39, 0.29) is 11.5 Å². The Labute approximate surface area is 53.3 Å². The van der Waals surface area contributed by atoms with Crippen molar-refractivity contribution >= 4 is 5.78 Å². The molecule has 0 spiro atoms. The number of hydrogen-bond acceptors (Lipinski definition) is 2. The van der Waals surface area contributed by atoms with Crippen LogP contribution in [0.2, 0.25) is 0 Å². The summed E-state index contributed by atoms with van der Waals surface area (Å²) in [4.78, 5) is 10.2. The molecule has 9 heavy (non-hydrogen) atoms. The van der Waals surface area contributed by atoms with Gasteiger partial charge in [0.2, 0.25) is 0 Å². The highest BCUT2D eigenvalue weighted by Crippen LogP contribution is 1.94. The third-order valence-corrected chi connectivity index (χ3v) is 0.758. The summed E-state index contributed by atoms with van der Waals surface area (Å²) < 4.78 is 16.1. The highest BCUT2D eigenvalue weighted by Gasteiger charge is 1.94. The molecular formula is C6H9FO2. The van der Waals surface area contributed by atoms with Gasteiger partial charge in [0.05, 0.1) is 7.11 Å². The van der Waals surface area contributed by atoms with E-state index in [9.17, 15) is 9.18 Å². The lowest BCUT2D eigenvalue weighted by atomic mass is 10.4. The molecule has 2 nitrogen and oxygen atoms in total. The lowest BCUT2D eigenvalue weighted by Gasteiger charge is -1.96. The second kappa shape index (κ2) is 4.06. The zero-order valence-electron chi connectivity index (χ0n) is 5.48. The van der Waals surface area contributed by atoms with Crippen LogP contribution in [-0.4, -0.2) is 19.6 Å². The highest BCUT2D eigenvalue weighted by molar-refractivity contribution is 5.87. The summed E-state index contributed by atoms with van der Waals surface area (Å²) in [5.74, 6) is -0.132. The van der Waals surface area contributed by atoms with Gasteiger partial charge in [-0.2, -0.15) is 0 Å². The topological polar surface area (TPSA) is 26.3 Å². The van der Waals surface area contributed by atoms with E-state index in [2.05, 4.69) is 4.74 Å². The Morgan fingerprint density at radius 1 is 1.78 bits per heavy atom. The van der Waals surface area contributed by atoms with Gasteiger partial charge in [-0.05, 0) is 6.92 Å². The molecule has 0 rings (SSSR count). The molecule has 0 radical (unpaired) electrons. The van der Waals surface area contributed by atoms with Crippen molar-refractivity contribution in [1.29, 1.82) is 0 Å². The summed E-state index contributed by atoms with van der Waals surface area (Å²) >= 11 is 0. The van der Waals surface area contributed by atoms with Gasteiger partial charge in [0, 0.05) is 6.08 Å². The average Bonchev–Trinajstić information content (AvgIpc) is 1.82. The molecule has 3 heteroatoms. The first kappa shape index (κ1) is 8.14. The average molecular weight is 132 g/mol. The summed E-state index contributed by atoms with van der Waals surface area (Å²) in [6.07, 6.45) is 1.12. The number of allylic oxidation sites excluding steroid dienone is 2. The van der Waals surface area contributed by atoms with Crippen molar-refractivity contribution in [3.8, 4) is 0 Å². The second-order valence-corrected chi connectivity index (χ2v) is 1.56. The molecule has 0 aliphatic heterocycles. The molecule has 0 N–H and O–H groups in total. The number of ether oxygens (including phenoxy) is 1. The normalized spacial score (nSPS) is 11.2. The molecule has 0 aromatic carbocycles. The summed E-state index contributed by atoms with van der Waals surface area (Å²) in [5.41, 5.74) is 0. The summed E-state index contributed by atoms with van der Waals surface area (Å²) in [6, 6.07) is 0. The Balaban J connectivity index is 3.91.